The highest BCUT2D eigenvalue weighted by molar-refractivity contribution is 5.85. The van der Waals surface area contributed by atoms with Crippen LogP contribution >= 0.6 is 0 Å². The fourth-order valence-corrected chi connectivity index (χ4v) is 10.2. The second-order valence-corrected chi connectivity index (χ2v) is 14.2. The van der Waals surface area contributed by atoms with Gasteiger partial charge in [-0.2, -0.15) is 0 Å². The van der Waals surface area contributed by atoms with E-state index in [9.17, 15) is 4.79 Å². The molecule has 0 saturated heterocycles. The first-order chi connectivity index (χ1) is 13.9. The Balaban J connectivity index is 1.54. The summed E-state index contributed by atoms with van der Waals surface area (Å²) in [6.07, 6.45) is 14.2. The summed E-state index contributed by atoms with van der Waals surface area (Å²) in [5.41, 5.74) is 5.36. The molecule has 0 radical (unpaired) electrons. The largest absolute Gasteiger partial charge is 0.299 e. The van der Waals surface area contributed by atoms with Crippen molar-refractivity contribution in [1.29, 1.82) is 0 Å². The van der Waals surface area contributed by atoms with E-state index >= 15 is 0 Å². The summed E-state index contributed by atoms with van der Waals surface area (Å²) in [6, 6.07) is 0. The van der Waals surface area contributed by atoms with Gasteiger partial charge in [-0.25, -0.2) is 0 Å². The Morgan fingerprint density at radius 2 is 1.40 bits per heavy atom. The minimum atomic E-state index is -0.123. The zero-order valence-electron chi connectivity index (χ0n) is 20.9. The summed E-state index contributed by atoms with van der Waals surface area (Å²) in [6.45, 7) is 17.6. The van der Waals surface area contributed by atoms with Crippen LogP contribution in [0.25, 0.3) is 0 Å². The normalized spacial score (nSPS) is 49.6. The van der Waals surface area contributed by atoms with Gasteiger partial charge in [-0.3, -0.25) is 4.79 Å². The van der Waals surface area contributed by atoms with E-state index in [4.69, 9.17) is 0 Å². The lowest BCUT2D eigenvalue weighted by Crippen LogP contribution is -2.64. The van der Waals surface area contributed by atoms with Crippen molar-refractivity contribution in [2.45, 2.75) is 119 Å². The lowest BCUT2D eigenvalue weighted by atomic mass is 9.34. The Labute approximate surface area is 185 Å². The maximum Gasteiger partial charge on any atom is 0.138 e. The van der Waals surface area contributed by atoms with Gasteiger partial charge in [-0.05, 0) is 104 Å². The molecule has 3 fully saturated rings. The predicted octanol–water partition coefficient (Wildman–Crippen LogP) is 8.13. The molecule has 0 aliphatic heterocycles. The molecule has 0 aromatic rings. The van der Waals surface area contributed by atoms with Crippen LogP contribution in [0.5, 0.6) is 0 Å². The molecule has 0 spiro atoms. The average molecular weight is 411 g/mol. The lowest BCUT2D eigenvalue weighted by Gasteiger charge is -2.70. The lowest BCUT2D eigenvalue weighted by molar-refractivity contribution is -0.205. The molecule has 1 nitrogen and oxygen atoms in total. The number of hydrogen-bond acceptors (Lipinski definition) is 1. The zero-order chi connectivity index (χ0) is 21.7. The monoisotopic (exact) mass is 410 g/mol. The van der Waals surface area contributed by atoms with Crippen LogP contribution in [0.1, 0.15) is 119 Å². The molecular formula is C29H46O. The molecule has 0 unspecified atom stereocenters. The van der Waals surface area contributed by atoms with Crippen LogP contribution in [-0.2, 0) is 4.79 Å². The molecule has 0 aromatic heterocycles. The Kier molecular flexibility index (Phi) is 4.43. The zero-order valence-corrected chi connectivity index (χ0v) is 20.9. The number of carbonyl (C=O) groups excluding carboxylic acids is 1. The molecule has 0 heterocycles. The molecule has 0 N–H and O–H groups in total. The molecule has 5 rings (SSSR count). The van der Waals surface area contributed by atoms with Gasteiger partial charge in [0.2, 0.25) is 0 Å². The van der Waals surface area contributed by atoms with Gasteiger partial charge in [-0.15, -0.1) is 0 Å². The van der Waals surface area contributed by atoms with Crippen molar-refractivity contribution in [3.63, 3.8) is 0 Å². The van der Waals surface area contributed by atoms with E-state index in [0.717, 1.165) is 24.7 Å². The average Bonchev–Trinajstić information content (AvgIpc) is 2.65. The Bertz CT molecular complexity index is 799. The molecule has 168 valence electrons. The fraction of sp³-hybridized carbons (Fsp3) is 0.897. The van der Waals surface area contributed by atoms with E-state index in [2.05, 4.69) is 48.5 Å². The van der Waals surface area contributed by atoms with E-state index in [0.29, 0.717) is 33.4 Å². The van der Waals surface area contributed by atoms with Crippen molar-refractivity contribution in [3.8, 4) is 0 Å². The van der Waals surface area contributed by atoms with Crippen LogP contribution in [0.15, 0.2) is 11.1 Å². The van der Waals surface area contributed by atoms with E-state index in [-0.39, 0.29) is 5.41 Å². The van der Waals surface area contributed by atoms with Crippen molar-refractivity contribution in [3.05, 3.63) is 11.1 Å². The van der Waals surface area contributed by atoms with Crippen LogP contribution in [0.2, 0.25) is 0 Å². The van der Waals surface area contributed by atoms with Gasteiger partial charge >= 0.3 is 0 Å². The van der Waals surface area contributed by atoms with E-state index in [1.54, 1.807) is 0 Å². The third-order valence-corrected chi connectivity index (χ3v) is 12.2. The number of rotatable bonds is 0. The van der Waals surface area contributed by atoms with Crippen molar-refractivity contribution in [1.82, 2.24) is 0 Å². The number of carbonyl (C=O) groups is 1. The number of Topliss-reactive ketones (excluding diaryl/α,β-unsaturated/α-hetero) is 1. The Hall–Kier alpha value is -0.590. The third kappa shape index (κ3) is 2.56. The van der Waals surface area contributed by atoms with Gasteiger partial charge in [0.15, 0.2) is 0 Å². The minimum absolute atomic E-state index is 0.123. The smallest absolute Gasteiger partial charge is 0.138 e. The fourth-order valence-electron chi connectivity index (χ4n) is 10.2. The molecule has 0 aromatic carbocycles. The first kappa shape index (κ1) is 21.3. The summed E-state index contributed by atoms with van der Waals surface area (Å²) in [5.74, 6) is 2.72. The summed E-state index contributed by atoms with van der Waals surface area (Å²) >= 11 is 0. The SMILES string of the molecule is CC1(C)CCC2=C(C1)[C@H]1CC[C@@H]3[C@@]4(C)CCC(=O)C(C)(C)[C@@H]4CC[C@@]3(C)[C@]1(C)CC2. The maximum absolute atomic E-state index is 12.9. The Morgan fingerprint density at radius 3 is 2.13 bits per heavy atom. The van der Waals surface area contributed by atoms with Crippen LogP contribution in [-0.4, -0.2) is 5.78 Å². The summed E-state index contributed by atoms with van der Waals surface area (Å²) in [4.78, 5) is 12.9. The molecule has 3 saturated carbocycles. The van der Waals surface area contributed by atoms with Crippen LogP contribution < -0.4 is 0 Å². The van der Waals surface area contributed by atoms with E-state index in [1.807, 2.05) is 11.1 Å². The Morgan fingerprint density at radius 1 is 0.700 bits per heavy atom. The molecule has 0 bridgehead atoms. The van der Waals surface area contributed by atoms with Crippen molar-refractivity contribution in [2.24, 2.45) is 44.8 Å². The first-order valence-electron chi connectivity index (χ1n) is 13.1. The number of fused-ring (bicyclic) bond motifs is 6. The topological polar surface area (TPSA) is 17.1 Å². The number of ketones is 1. The van der Waals surface area contributed by atoms with Gasteiger partial charge < -0.3 is 0 Å². The second-order valence-electron chi connectivity index (χ2n) is 14.2. The van der Waals surface area contributed by atoms with Crippen LogP contribution in [0.4, 0.5) is 0 Å². The van der Waals surface area contributed by atoms with Gasteiger partial charge in [0.25, 0.3) is 0 Å². The van der Waals surface area contributed by atoms with Crippen molar-refractivity contribution in [2.75, 3.05) is 0 Å². The molecule has 6 atom stereocenters. The molecule has 5 aliphatic carbocycles. The van der Waals surface area contributed by atoms with Crippen molar-refractivity contribution < 1.29 is 4.79 Å². The van der Waals surface area contributed by atoms with Crippen molar-refractivity contribution >= 4 is 5.78 Å². The first-order valence-corrected chi connectivity index (χ1v) is 13.1. The van der Waals surface area contributed by atoms with Gasteiger partial charge in [0.05, 0.1) is 0 Å². The number of hydrogen-bond donors (Lipinski definition) is 0. The van der Waals surface area contributed by atoms with E-state index in [1.165, 1.54) is 57.8 Å². The summed E-state index contributed by atoms with van der Waals surface area (Å²) < 4.78 is 0. The molecular weight excluding hydrogens is 364 g/mol. The highest BCUT2D eigenvalue weighted by Crippen LogP contribution is 2.74. The van der Waals surface area contributed by atoms with Crippen LogP contribution in [0, 0.1) is 44.8 Å². The number of allylic oxidation sites excluding steroid dienone is 2. The summed E-state index contributed by atoms with van der Waals surface area (Å²) in [7, 11) is 0. The maximum atomic E-state index is 12.9. The van der Waals surface area contributed by atoms with Gasteiger partial charge in [-0.1, -0.05) is 59.6 Å². The van der Waals surface area contributed by atoms with Gasteiger partial charge in [0, 0.05) is 11.8 Å². The molecule has 5 aliphatic rings. The highest BCUT2D eigenvalue weighted by atomic mass is 16.1. The predicted molar refractivity (Wildman–Crippen MR) is 125 cm³/mol. The third-order valence-electron chi connectivity index (χ3n) is 12.2. The molecule has 0 amide bonds. The van der Waals surface area contributed by atoms with Crippen LogP contribution in [0.3, 0.4) is 0 Å². The standard InChI is InChI=1S/C29H46O/c1-25(2)14-10-19-11-16-28(6)21(20(19)18-25)8-9-23-27(5)15-13-24(30)26(3,4)22(27)12-17-29(23,28)7/h21-23H,8-18H2,1-7H3/t21-,22+,23-,27+,28-,29-/m1/s1. The summed E-state index contributed by atoms with van der Waals surface area (Å²) in [5, 5.41) is 0. The molecule has 1 heteroatoms. The van der Waals surface area contributed by atoms with E-state index < -0.39 is 0 Å². The quantitative estimate of drug-likeness (QED) is 0.368. The van der Waals surface area contributed by atoms with Gasteiger partial charge in [0.1, 0.15) is 5.78 Å². The second kappa shape index (κ2) is 6.26. The highest BCUT2D eigenvalue weighted by Gasteiger charge is 2.67. The molecule has 30 heavy (non-hydrogen) atoms. The minimum Gasteiger partial charge on any atom is -0.299 e.